The topological polar surface area (TPSA) is 54.9 Å². The molecular weight excluding hydrogens is 409 g/mol. The van der Waals surface area contributed by atoms with E-state index in [0.717, 1.165) is 0 Å². The smallest absolute Gasteiger partial charge is 0.299 e. The number of carbonyl (C=O) groups excluding carboxylic acids is 1. The zero-order valence-corrected chi connectivity index (χ0v) is 15.2. The summed E-state index contributed by atoms with van der Waals surface area (Å²) in [5.41, 5.74) is 0.638. The number of nitrogens with zero attached hydrogens (tertiary/aromatic N) is 1. The van der Waals surface area contributed by atoms with Crippen LogP contribution < -0.4 is 5.56 Å². The second-order valence-electron chi connectivity index (χ2n) is 5.21. The van der Waals surface area contributed by atoms with Crippen molar-refractivity contribution < 1.29 is 18.0 Å². The first-order chi connectivity index (χ1) is 11.1. The molecule has 0 aliphatic heterocycles. The van der Waals surface area contributed by atoms with Crippen LogP contribution in [0.15, 0.2) is 27.5 Å². The molecule has 0 unspecified atom stereocenters. The number of H-pyrrole nitrogens is 1. The van der Waals surface area contributed by atoms with E-state index in [2.05, 4.69) is 21.0 Å². The predicted octanol–water partition coefficient (Wildman–Crippen LogP) is 3.81. The Kier molecular flexibility index (Phi) is 5.64. The molecule has 1 aromatic heterocycles. The van der Waals surface area contributed by atoms with Crippen molar-refractivity contribution in [2.45, 2.75) is 18.9 Å². The van der Waals surface area contributed by atoms with Crippen LogP contribution in [0.2, 0.25) is 0 Å². The van der Waals surface area contributed by atoms with Gasteiger partial charge >= 0.3 is 6.18 Å². The minimum Gasteiger partial charge on any atom is -0.299 e. The van der Waals surface area contributed by atoms with Gasteiger partial charge in [0.15, 0.2) is 0 Å². The first-order valence-corrected chi connectivity index (χ1v) is 8.78. The molecule has 130 valence electrons. The van der Waals surface area contributed by atoms with Crippen molar-refractivity contribution >= 4 is 33.5 Å². The Labute approximate surface area is 148 Å². The summed E-state index contributed by atoms with van der Waals surface area (Å²) in [6.45, 7) is 1.60. The molecule has 4 nitrogen and oxygen atoms in total. The maximum absolute atomic E-state index is 12.7. The molecule has 0 aliphatic rings. The summed E-state index contributed by atoms with van der Waals surface area (Å²) in [6, 6.07) is 4.74. The van der Waals surface area contributed by atoms with Gasteiger partial charge in [-0.1, -0.05) is 15.9 Å². The fourth-order valence-electron chi connectivity index (χ4n) is 2.27. The highest BCUT2D eigenvalue weighted by molar-refractivity contribution is 9.10. The van der Waals surface area contributed by atoms with Crippen LogP contribution in [0, 0.1) is 6.92 Å². The zero-order chi connectivity index (χ0) is 18.1. The lowest BCUT2D eigenvalue weighted by molar-refractivity contribution is -0.105. The van der Waals surface area contributed by atoms with Gasteiger partial charge < -0.3 is 0 Å². The molecular formula is C15H14BrF3N2O2S. The SMILES string of the molecule is Cc1[nH]n(C)c(=O)c1C(=O)c1ccc(Br)cc1CSCC(F)(F)F. The number of halogens is 4. The van der Waals surface area contributed by atoms with Crippen LogP contribution in [0.3, 0.4) is 0 Å². The first-order valence-electron chi connectivity index (χ1n) is 6.83. The van der Waals surface area contributed by atoms with Gasteiger partial charge in [0, 0.05) is 28.5 Å². The van der Waals surface area contributed by atoms with E-state index in [4.69, 9.17) is 0 Å². The van der Waals surface area contributed by atoms with Gasteiger partial charge in [-0.2, -0.15) is 13.2 Å². The number of carbonyl (C=O) groups is 1. The molecule has 2 rings (SSSR count). The average Bonchev–Trinajstić information content (AvgIpc) is 2.70. The monoisotopic (exact) mass is 422 g/mol. The van der Waals surface area contributed by atoms with Crippen LogP contribution in [-0.4, -0.2) is 27.5 Å². The molecule has 0 bridgehead atoms. The maximum atomic E-state index is 12.7. The molecule has 0 fully saturated rings. The number of aromatic nitrogens is 2. The molecule has 1 heterocycles. The van der Waals surface area contributed by atoms with Gasteiger partial charge in [0.2, 0.25) is 5.78 Å². The fourth-order valence-corrected chi connectivity index (χ4v) is 3.47. The largest absolute Gasteiger partial charge is 0.397 e. The lowest BCUT2D eigenvalue weighted by atomic mass is 9.99. The Morgan fingerprint density at radius 1 is 1.38 bits per heavy atom. The number of aryl methyl sites for hydroxylation is 2. The number of rotatable bonds is 5. The van der Waals surface area contributed by atoms with Gasteiger partial charge in [0.05, 0.1) is 5.75 Å². The Hall–Kier alpha value is -1.48. The lowest BCUT2D eigenvalue weighted by Crippen LogP contribution is -2.20. The van der Waals surface area contributed by atoms with E-state index in [0.29, 0.717) is 27.5 Å². The molecule has 0 spiro atoms. The van der Waals surface area contributed by atoms with E-state index in [1.54, 1.807) is 19.1 Å². The van der Waals surface area contributed by atoms with Crippen molar-refractivity contribution in [2.75, 3.05) is 5.75 Å². The molecule has 0 saturated carbocycles. The summed E-state index contributed by atoms with van der Waals surface area (Å²) in [5.74, 6) is -1.48. The number of hydrogen-bond acceptors (Lipinski definition) is 3. The number of nitrogens with one attached hydrogen (secondary N) is 1. The van der Waals surface area contributed by atoms with E-state index < -0.39 is 23.3 Å². The van der Waals surface area contributed by atoms with Gasteiger partial charge in [-0.15, -0.1) is 11.8 Å². The Bertz CT molecular complexity index is 827. The van der Waals surface area contributed by atoms with Crippen molar-refractivity contribution in [1.82, 2.24) is 9.78 Å². The van der Waals surface area contributed by atoms with Gasteiger partial charge in [-0.25, -0.2) is 0 Å². The maximum Gasteiger partial charge on any atom is 0.397 e. The minimum atomic E-state index is -4.27. The van der Waals surface area contributed by atoms with Gasteiger partial charge in [-0.05, 0) is 30.7 Å². The predicted molar refractivity (Wildman–Crippen MR) is 90.6 cm³/mol. The lowest BCUT2D eigenvalue weighted by Gasteiger charge is -2.10. The number of aromatic amines is 1. The molecule has 24 heavy (non-hydrogen) atoms. The second-order valence-corrected chi connectivity index (χ2v) is 7.12. The van der Waals surface area contributed by atoms with Crippen LogP contribution in [-0.2, 0) is 12.8 Å². The molecule has 0 radical (unpaired) electrons. The van der Waals surface area contributed by atoms with E-state index in [1.807, 2.05) is 0 Å². The average molecular weight is 423 g/mol. The number of ketones is 1. The summed E-state index contributed by atoms with van der Waals surface area (Å²) in [4.78, 5) is 24.8. The molecule has 0 saturated heterocycles. The van der Waals surface area contributed by atoms with Crippen LogP contribution in [0.5, 0.6) is 0 Å². The van der Waals surface area contributed by atoms with E-state index in [9.17, 15) is 22.8 Å². The van der Waals surface area contributed by atoms with E-state index in [1.165, 1.54) is 17.8 Å². The summed E-state index contributed by atoms with van der Waals surface area (Å²) in [5, 5.41) is 2.74. The van der Waals surface area contributed by atoms with E-state index in [-0.39, 0.29) is 16.9 Å². The fraction of sp³-hybridized carbons (Fsp3) is 0.333. The Morgan fingerprint density at radius 2 is 2.04 bits per heavy atom. The number of hydrogen-bond donors (Lipinski definition) is 1. The van der Waals surface area contributed by atoms with Gasteiger partial charge in [-0.3, -0.25) is 19.4 Å². The highest BCUT2D eigenvalue weighted by atomic mass is 79.9. The Morgan fingerprint density at radius 3 is 2.58 bits per heavy atom. The summed E-state index contributed by atoms with van der Waals surface area (Å²) in [7, 11) is 1.49. The van der Waals surface area contributed by atoms with Crippen molar-refractivity contribution in [3.63, 3.8) is 0 Å². The van der Waals surface area contributed by atoms with Crippen molar-refractivity contribution in [3.05, 3.63) is 55.4 Å². The summed E-state index contributed by atoms with van der Waals surface area (Å²) >= 11 is 3.92. The molecule has 0 amide bonds. The summed E-state index contributed by atoms with van der Waals surface area (Å²) in [6.07, 6.45) is -4.27. The van der Waals surface area contributed by atoms with Crippen molar-refractivity contribution in [1.29, 1.82) is 0 Å². The third-order valence-corrected chi connectivity index (χ3v) is 4.83. The molecule has 1 N–H and O–H groups in total. The van der Waals surface area contributed by atoms with Crippen LogP contribution in [0.1, 0.15) is 27.2 Å². The number of benzene rings is 1. The van der Waals surface area contributed by atoms with E-state index >= 15 is 0 Å². The normalized spacial score (nSPS) is 11.8. The van der Waals surface area contributed by atoms with Crippen LogP contribution in [0.25, 0.3) is 0 Å². The minimum absolute atomic E-state index is 0.00175. The highest BCUT2D eigenvalue weighted by Gasteiger charge is 2.27. The Balaban J connectivity index is 2.36. The second kappa shape index (κ2) is 7.18. The quantitative estimate of drug-likeness (QED) is 0.745. The first kappa shape index (κ1) is 18.9. The third kappa shape index (κ3) is 4.32. The summed E-state index contributed by atoms with van der Waals surface area (Å²) < 4.78 is 38.8. The molecule has 9 heteroatoms. The molecule has 0 aliphatic carbocycles. The number of alkyl halides is 3. The van der Waals surface area contributed by atoms with Crippen LogP contribution >= 0.6 is 27.7 Å². The standard InChI is InChI=1S/C15H14BrF3N2O2S/c1-8-12(14(23)21(2)20-8)13(22)11-4-3-10(16)5-9(11)6-24-7-15(17,18)19/h3-5,20H,6-7H2,1-2H3. The van der Waals surface area contributed by atoms with Crippen LogP contribution in [0.4, 0.5) is 13.2 Å². The highest BCUT2D eigenvalue weighted by Crippen LogP contribution is 2.27. The number of thioether (sulfide) groups is 1. The van der Waals surface area contributed by atoms with Crippen molar-refractivity contribution in [3.8, 4) is 0 Å². The van der Waals surface area contributed by atoms with Crippen molar-refractivity contribution in [2.24, 2.45) is 7.05 Å². The van der Waals surface area contributed by atoms with Gasteiger partial charge in [0.1, 0.15) is 5.56 Å². The third-order valence-electron chi connectivity index (χ3n) is 3.29. The molecule has 2 aromatic rings. The molecule has 0 atom stereocenters. The molecule has 1 aromatic carbocycles. The van der Waals surface area contributed by atoms with Gasteiger partial charge in [0.25, 0.3) is 5.56 Å². The zero-order valence-electron chi connectivity index (χ0n) is 12.8.